The molecular weight excluding hydrogens is 390 g/mol. The van der Waals surface area contributed by atoms with Crippen LogP contribution < -0.4 is 10.6 Å². The van der Waals surface area contributed by atoms with Crippen molar-refractivity contribution in [3.05, 3.63) is 35.9 Å². The molecule has 0 aromatic heterocycles. The van der Waals surface area contributed by atoms with E-state index in [1.54, 1.807) is 0 Å². The number of benzene rings is 1. The summed E-state index contributed by atoms with van der Waals surface area (Å²) in [5.74, 6) is -0.182. The third kappa shape index (κ3) is 10.0. The van der Waals surface area contributed by atoms with E-state index in [1.165, 1.54) is 17.6 Å². The lowest BCUT2D eigenvalue weighted by Gasteiger charge is -2.23. The number of methoxy groups -OCH3 is 1. The fraction of sp³-hybridized carbons (Fsp3) is 0.524. The minimum Gasteiger partial charge on any atom is -0.483 e. The second-order valence-electron chi connectivity index (χ2n) is 6.84. The molecule has 3 N–H and O–H groups in total. The summed E-state index contributed by atoms with van der Waals surface area (Å²) >= 11 is 0. The lowest BCUT2D eigenvalue weighted by atomic mass is 9.91. The molecule has 1 aliphatic rings. The number of amides is 3. The largest absolute Gasteiger partial charge is 0.483 e. The molecule has 9 heteroatoms. The predicted molar refractivity (Wildman–Crippen MR) is 111 cm³/mol. The fourth-order valence-electron chi connectivity index (χ4n) is 3.22. The highest BCUT2D eigenvalue weighted by molar-refractivity contribution is 5.85. The monoisotopic (exact) mass is 421 g/mol. The third-order valence-electron chi connectivity index (χ3n) is 4.69. The maximum atomic E-state index is 12.3. The zero-order chi connectivity index (χ0) is 22.2. The van der Waals surface area contributed by atoms with Gasteiger partial charge in [-0.1, -0.05) is 30.3 Å². The minimum absolute atomic E-state index is 0.00609. The van der Waals surface area contributed by atoms with Gasteiger partial charge in [-0.05, 0) is 30.7 Å². The molecule has 3 amide bonds. The molecule has 1 saturated heterocycles. The molecule has 166 valence electrons. The summed E-state index contributed by atoms with van der Waals surface area (Å²) < 4.78 is 4.89. The van der Waals surface area contributed by atoms with Crippen molar-refractivity contribution in [2.45, 2.75) is 31.6 Å². The van der Waals surface area contributed by atoms with E-state index in [4.69, 9.17) is 14.6 Å². The molecule has 30 heavy (non-hydrogen) atoms. The second-order valence-corrected chi connectivity index (χ2v) is 6.84. The van der Waals surface area contributed by atoms with Gasteiger partial charge in [0.2, 0.25) is 17.7 Å². The topological polar surface area (TPSA) is 125 Å². The van der Waals surface area contributed by atoms with E-state index in [0.717, 1.165) is 12.8 Å². The maximum Gasteiger partial charge on any atom is 0.290 e. The maximum absolute atomic E-state index is 12.3. The van der Waals surface area contributed by atoms with Crippen LogP contribution in [-0.2, 0) is 23.9 Å². The molecule has 1 atom stereocenters. The smallest absolute Gasteiger partial charge is 0.290 e. The highest BCUT2D eigenvalue weighted by Gasteiger charge is 2.19. The van der Waals surface area contributed by atoms with Crippen molar-refractivity contribution in [3.63, 3.8) is 0 Å². The van der Waals surface area contributed by atoms with Crippen molar-refractivity contribution < 1.29 is 29.0 Å². The summed E-state index contributed by atoms with van der Waals surface area (Å²) in [5.41, 5.74) is 1.17. The molecule has 1 fully saturated rings. The quantitative estimate of drug-likeness (QED) is 0.619. The Balaban J connectivity index is 0.00000141. The number of hydrogen-bond acceptors (Lipinski definition) is 5. The number of carbonyl (C=O) groups is 4. The molecule has 0 bridgehead atoms. The van der Waals surface area contributed by atoms with Crippen LogP contribution >= 0.6 is 0 Å². The Labute approximate surface area is 176 Å². The molecule has 9 nitrogen and oxygen atoms in total. The molecule has 1 aromatic carbocycles. The number of rotatable bonds is 3. The van der Waals surface area contributed by atoms with Gasteiger partial charge in [0.15, 0.2) is 0 Å². The Bertz CT molecular complexity index is 668. The van der Waals surface area contributed by atoms with Crippen LogP contribution in [0.4, 0.5) is 0 Å². The highest BCUT2D eigenvalue weighted by atomic mass is 16.5. The number of nitrogens with zero attached hydrogens (tertiary/aromatic N) is 1. The zero-order valence-corrected chi connectivity index (χ0v) is 17.3. The molecule has 1 aliphatic heterocycles. The van der Waals surface area contributed by atoms with Gasteiger partial charge in [0.05, 0.1) is 6.54 Å². The van der Waals surface area contributed by atoms with E-state index >= 15 is 0 Å². The van der Waals surface area contributed by atoms with Crippen molar-refractivity contribution in [2.75, 3.05) is 39.9 Å². The van der Waals surface area contributed by atoms with Crippen LogP contribution in [0, 0.1) is 0 Å². The van der Waals surface area contributed by atoms with Gasteiger partial charge in [0.1, 0.15) is 6.61 Å². The van der Waals surface area contributed by atoms with Gasteiger partial charge >= 0.3 is 0 Å². The van der Waals surface area contributed by atoms with Gasteiger partial charge in [-0.25, -0.2) is 0 Å². The average Bonchev–Trinajstić information content (AvgIpc) is 2.73. The summed E-state index contributed by atoms with van der Waals surface area (Å²) in [5, 5.41) is 12.7. The first-order valence-corrected chi connectivity index (χ1v) is 9.94. The van der Waals surface area contributed by atoms with Crippen LogP contribution in [0.15, 0.2) is 30.3 Å². The van der Waals surface area contributed by atoms with Crippen LogP contribution in [0.2, 0.25) is 0 Å². The van der Waals surface area contributed by atoms with Crippen molar-refractivity contribution in [1.82, 2.24) is 15.5 Å². The lowest BCUT2D eigenvalue weighted by Crippen LogP contribution is -2.43. The van der Waals surface area contributed by atoms with Gasteiger partial charge in [0, 0.05) is 33.2 Å². The first kappa shape index (κ1) is 25.1. The van der Waals surface area contributed by atoms with Crippen LogP contribution in [0.1, 0.15) is 37.2 Å². The van der Waals surface area contributed by atoms with Crippen molar-refractivity contribution in [2.24, 2.45) is 0 Å². The average molecular weight is 421 g/mol. The molecule has 1 heterocycles. The molecule has 1 unspecified atom stereocenters. The third-order valence-corrected chi connectivity index (χ3v) is 4.69. The van der Waals surface area contributed by atoms with Crippen molar-refractivity contribution >= 4 is 24.2 Å². The number of carboxylic acid groups (broad SMARTS) is 1. The van der Waals surface area contributed by atoms with Gasteiger partial charge < -0.3 is 25.4 Å². The van der Waals surface area contributed by atoms with Gasteiger partial charge in [0.25, 0.3) is 6.47 Å². The van der Waals surface area contributed by atoms with E-state index in [1.807, 2.05) is 18.2 Å². The van der Waals surface area contributed by atoms with Crippen LogP contribution in [0.25, 0.3) is 0 Å². The SMILES string of the molecule is COCC(=O)N1CCCNC(=O)CCC(c2ccccc2)CCNC(=O)C1.O=CO. The Hall–Kier alpha value is -2.94. The normalized spacial score (nSPS) is 18.7. The Morgan fingerprint density at radius 1 is 1.17 bits per heavy atom. The van der Waals surface area contributed by atoms with Crippen molar-refractivity contribution in [3.8, 4) is 0 Å². The molecule has 0 saturated carbocycles. The molecule has 0 radical (unpaired) electrons. The van der Waals surface area contributed by atoms with E-state index in [-0.39, 0.29) is 43.3 Å². The van der Waals surface area contributed by atoms with E-state index in [9.17, 15) is 14.4 Å². The molecule has 1 aromatic rings. The Kier molecular flexibility index (Phi) is 12.5. The highest BCUT2D eigenvalue weighted by Crippen LogP contribution is 2.24. The number of ether oxygens (including phenoxy) is 1. The van der Waals surface area contributed by atoms with Gasteiger partial charge in [-0.3, -0.25) is 19.2 Å². The first-order valence-electron chi connectivity index (χ1n) is 9.94. The number of nitrogens with one attached hydrogen (secondary N) is 2. The lowest BCUT2D eigenvalue weighted by molar-refractivity contribution is -0.139. The molecule has 2 rings (SSSR count). The summed E-state index contributed by atoms with van der Waals surface area (Å²) in [7, 11) is 1.45. The summed E-state index contributed by atoms with van der Waals surface area (Å²) in [6, 6.07) is 10.0. The van der Waals surface area contributed by atoms with E-state index in [0.29, 0.717) is 32.5 Å². The molecule has 0 aliphatic carbocycles. The Morgan fingerprint density at radius 3 is 2.50 bits per heavy atom. The summed E-state index contributed by atoms with van der Waals surface area (Å²) in [6.07, 6.45) is 2.52. The van der Waals surface area contributed by atoms with Gasteiger partial charge in [-0.15, -0.1) is 0 Å². The fourth-order valence-corrected chi connectivity index (χ4v) is 3.22. The number of hydrogen-bond donors (Lipinski definition) is 3. The van der Waals surface area contributed by atoms with E-state index < -0.39 is 0 Å². The summed E-state index contributed by atoms with van der Waals surface area (Å²) in [4.78, 5) is 46.3. The van der Waals surface area contributed by atoms with Crippen molar-refractivity contribution in [1.29, 1.82) is 0 Å². The zero-order valence-electron chi connectivity index (χ0n) is 17.3. The van der Waals surface area contributed by atoms with Gasteiger partial charge in [-0.2, -0.15) is 0 Å². The predicted octanol–water partition coefficient (Wildman–Crippen LogP) is 0.752. The van der Waals surface area contributed by atoms with E-state index in [2.05, 4.69) is 22.8 Å². The van der Waals surface area contributed by atoms with Crippen LogP contribution in [-0.4, -0.2) is 74.1 Å². The number of carbonyl (C=O) groups excluding carboxylic acids is 3. The van der Waals surface area contributed by atoms with Crippen LogP contribution in [0.3, 0.4) is 0 Å². The first-order chi connectivity index (χ1) is 14.5. The molecule has 0 spiro atoms. The van der Waals surface area contributed by atoms with Crippen LogP contribution in [0.5, 0.6) is 0 Å². The second kappa shape index (κ2) is 15.0. The Morgan fingerprint density at radius 2 is 1.83 bits per heavy atom. The molecular formula is C21H31N3O6. The summed E-state index contributed by atoms with van der Waals surface area (Å²) in [6.45, 7) is 1.09. The standard InChI is InChI=1S/C20H29N3O4.CH2O2/c1-27-15-20(26)23-13-5-11-21-18(24)9-8-17(10-12-22-19(25)14-23)16-6-3-2-4-7-16;2-1-3/h2-4,6-7,17H,5,8-15H2,1H3,(H,21,24)(H,22,25);1H,(H,2,3). The minimum atomic E-state index is -0.250.